The van der Waals surface area contributed by atoms with Gasteiger partial charge in [-0.1, -0.05) is 23.8 Å². The molecule has 0 radical (unpaired) electrons. The molecule has 124 valence electrons. The third kappa shape index (κ3) is 2.92. The van der Waals surface area contributed by atoms with Crippen molar-refractivity contribution < 1.29 is 14.1 Å². The van der Waals surface area contributed by atoms with E-state index in [1.165, 1.54) is 12.1 Å². The van der Waals surface area contributed by atoms with Crippen LogP contribution in [0.25, 0.3) is 0 Å². The molecule has 3 rings (SSSR count). The van der Waals surface area contributed by atoms with Crippen LogP contribution in [0.2, 0.25) is 0 Å². The zero-order chi connectivity index (χ0) is 17.3. The summed E-state index contributed by atoms with van der Waals surface area (Å²) in [5, 5.41) is 13.9. The fourth-order valence-electron chi connectivity index (χ4n) is 2.80. The minimum absolute atomic E-state index is 0.0177. The van der Waals surface area contributed by atoms with E-state index in [1.807, 2.05) is 31.2 Å². The number of nitro benzene ring substituents is 1. The molecule has 1 aliphatic rings. The molecule has 1 amide bonds. The second kappa shape index (κ2) is 6.27. The Labute approximate surface area is 138 Å². The van der Waals surface area contributed by atoms with Gasteiger partial charge in [-0.2, -0.15) is 4.39 Å². The highest BCUT2D eigenvalue weighted by Gasteiger charge is 2.34. The summed E-state index contributed by atoms with van der Waals surface area (Å²) in [5.74, 6) is -1.11. The monoisotopic (exact) mass is 329 g/mol. The lowest BCUT2D eigenvalue weighted by Gasteiger charge is -2.18. The van der Waals surface area contributed by atoms with E-state index < -0.39 is 22.5 Å². The summed E-state index contributed by atoms with van der Waals surface area (Å²) in [4.78, 5) is 24.5. The molecule has 0 aromatic heterocycles. The molecule has 2 aromatic rings. The van der Waals surface area contributed by atoms with Gasteiger partial charge in [-0.05, 0) is 37.6 Å². The maximum Gasteiger partial charge on any atom is 0.327 e. The first kappa shape index (κ1) is 15.9. The molecule has 1 unspecified atom stereocenters. The van der Waals surface area contributed by atoms with Crippen LogP contribution in [0.3, 0.4) is 0 Å². The zero-order valence-electron chi connectivity index (χ0n) is 13.0. The van der Waals surface area contributed by atoms with Gasteiger partial charge < -0.3 is 10.2 Å². The van der Waals surface area contributed by atoms with E-state index in [1.54, 1.807) is 4.90 Å². The second-order valence-electron chi connectivity index (χ2n) is 5.70. The van der Waals surface area contributed by atoms with Gasteiger partial charge in [0.15, 0.2) is 0 Å². The number of carbonyl (C=O) groups excluding carboxylic acids is 1. The van der Waals surface area contributed by atoms with Gasteiger partial charge in [0.05, 0.1) is 4.92 Å². The average molecular weight is 329 g/mol. The molecular weight excluding hydrogens is 313 g/mol. The fourth-order valence-corrected chi connectivity index (χ4v) is 2.80. The van der Waals surface area contributed by atoms with E-state index in [0.717, 1.165) is 17.3 Å². The van der Waals surface area contributed by atoms with Crippen LogP contribution < -0.4 is 10.2 Å². The van der Waals surface area contributed by atoms with Gasteiger partial charge in [-0.3, -0.25) is 14.9 Å². The van der Waals surface area contributed by atoms with E-state index in [-0.39, 0.29) is 11.6 Å². The number of carbonyl (C=O) groups is 1. The van der Waals surface area contributed by atoms with Crippen LogP contribution in [0.5, 0.6) is 0 Å². The van der Waals surface area contributed by atoms with Gasteiger partial charge in [0.1, 0.15) is 11.7 Å². The maximum atomic E-state index is 13.7. The Bertz CT molecular complexity index is 792. The molecule has 1 aliphatic heterocycles. The minimum Gasteiger partial charge on any atom is -0.368 e. The van der Waals surface area contributed by atoms with Crippen LogP contribution >= 0.6 is 0 Å². The summed E-state index contributed by atoms with van der Waals surface area (Å²) < 4.78 is 13.7. The molecule has 0 saturated carbocycles. The van der Waals surface area contributed by atoms with E-state index in [2.05, 4.69) is 5.32 Å². The summed E-state index contributed by atoms with van der Waals surface area (Å²) in [5.41, 5.74) is 1.25. The normalized spacial score (nSPS) is 17.2. The van der Waals surface area contributed by atoms with Crippen LogP contribution in [0, 0.1) is 22.9 Å². The molecule has 1 N–H and O–H groups in total. The van der Waals surface area contributed by atoms with Crippen molar-refractivity contribution in [1.29, 1.82) is 0 Å². The summed E-state index contributed by atoms with van der Waals surface area (Å²) in [6, 6.07) is 10.7. The molecule has 24 heavy (non-hydrogen) atoms. The fraction of sp³-hybridized carbons (Fsp3) is 0.235. The number of anilines is 2. The summed E-state index contributed by atoms with van der Waals surface area (Å²) in [7, 11) is 0. The van der Waals surface area contributed by atoms with Crippen molar-refractivity contribution in [1.82, 2.24) is 0 Å². The number of aryl methyl sites for hydroxylation is 1. The van der Waals surface area contributed by atoms with Crippen molar-refractivity contribution in [3.63, 3.8) is 0 Å². The molecule has 0 bridgehead atoms. The molecule has 1 heterocycles. The van der Waals surface area contributed by atoms with Crippen molar-refractivity contribution in [2.45, 2.75) is 19.4 Å². The van der Waals surface area contributed by atoms with Crippen molar-refractivity contribution in [2.24, 2.45) is 0 Å². The Balaban J connectivity index is 1.81. The highest BCUT2D eigenvalue weighted by Crippen LogP contribution is 2.30. The van der Waals surface area contributed by atoms with Crippen molar-refractivity contribution in [2.75, 3.05) is 16.8 Å². The van der Waals surface area contributed by atoms with Crippen molar-refractivity contribution >= 4 is 23.0 Å². The lowest BCUT2D eigenvalue weighted by molar-refractivity contribution is -0.386. The third-order valence-corrected chi connectivity index (χ3v) is 4.05. The number of halogens is 1. The molecule has 0 spiro atoms. The highest BCUT2D eigenvalue weighted by molar-refractivity contribution is 6.01. The minimum atomic E-state index is -0.925. The number of hydrogen-bond acceptors (Lipinski definition) is 4. The predicted octanol–water partition coefficient (Wildman–Crippen LogP) is 3.26. The Morgan fingerprint density at radius 2 is 1.96 bits per heavy atom. The molecule has 7 heteroatoms. The van der Waals surface area contributed by atoms with E-state index in [4.69, 9.17) is 0 Å². The first-order valence-electron chi connectivity index (χ1n) is 7.55. The lowest BCUT2D eigenvalue weighted by atomic mass is 10.2. The molecule has 0 aliphatic carbocycles. The van der Waals surface area contributed by atoms with Crippen LogP contribution in [0.4, 0.5) is 21.5 Å². The van der Waals surface area contributed by atoms with Crippen molar-refractivity contribution in [3.8, 4) is 0 Å². The zero-order valence-corrected chi connectivity index (χ0v) is 13.0. The Morgan fingerprint density at radius 3 is 2.62 bits per heavy atom. The summed E-state index contributed by atoms with van der Waals surface area (Å²) in [6.45, 7) is 2.46. The number of para-hydroxylation sites is 1. The lowest BCUT2D eigenvalue weighted by Crippen LogP contribution is -2.33. The largest absolute Gasteiger partial charge is 0.368 e. The maximum absolute atomic E-state index is 13.7. The summed E-state index contributed by atoms with van der Waals surface area (Å²) in [6.07, 6.45) is 0.486. The molecule has 1 saturated heterocycles. The predicted molar refractivity (Wildman–Crippen MR) is 88.6 cm³/mol. The Morgan fingerprint density at radius 1 is 1.25 bits per heavy atom. The van der Waals surface area contributed by atoms with Crippen LogP contribution in [0.1, 0.15) is 12.0 Å². The van der Waals surface area contributed by atoms with Gasteiger partial charge in [0.25, 0.3) is 0 Å². The van der Waals surface area contributed by atoms with E-state index >= 15 is 0 Å². The topological polar surface area (TPSA) is 75.5 Å². The van der Waals surface area contributed by atoms with Crippen LogP contribution in [0.15, 0.2) is 42.5 Å². The number of amides is 1. The summed E-state index contributed by atoms with van der Waals surface area (Å²) >= 11 is 0. The van der Waals surface area contributed by atoms with Gasteiger partial charge in [0.2, 0.25) is 11.7 Å². The van der Waals surface area contributed by atoms with E-state index in [0.29, 0.717) is 13.0 Å². The standard InChI is InChI=1S/C17H16FN3O3/c1-11-5-7-12(8-6-11)20-10-9-15(17(20)22)19-14-4-2-3-13(18)16(14)21(23)24/h2-8,15,19H,9-10H2,1H3. The number of hydrogen-bond donors (Lipinski definition) is 1. The number of benzene rings is 2. The van der Waals surface area contributed by atoms with Gasteiger partial charge in [-0.25, -0.2) is 0 Å². The molecule has 1 fully saturated rings. The third-order valence-electron chi connectivity index (χ3n) is 4.05. The molecule has 1 atom stereocenters. The molecule has 2 aromatic carbocycles. The number of nitrogens with one attached hydrogen (secondary N) is 1. The highest BCUT2D eigenvalue weighted by atomic mass is 19.1. The van der Waals surface area contributed by atoms with Crippen LogP contribution in [-0.4, -0.2) is 23.4 Å². The first-order valence-corrected chi connectivity index (χ1v) is 7.55. The van der Waals surface area contributed by atoms with Gasteiger partial charge >= 0.3 is 5.69 Å². The SMILES string of the molecule is Cc1ccc(N2CCC(Nc3cccc(F)c3[N+](=O)[O-])C2=O)cc1. The second-order valence-corrected chi connectivity index (χ2v) is 5.70. The molecule has 6 nitrogen and oxygen atoms in total. The van der Waals surface area contributed by atoms with Crippen molar-refractivity contribution in [3.05, 3.63) is 64.0 Å². The number of rotatable bonds is 4. The molecular formula is C17H16FN3O3. The average Bonchev–Trinajstić information content (AvgIpc) is 2.89. The van der Waals surface area contributed by atoms with Crippen LogP contribution in [-0.2, 0) is 4.79 Å². The number of nitrogens with zero attached hydrogens (tertiary/aromatic N) is 2. The smallest absolute Gasteiger partial charge is 0.327 e. The van der Waals surface area contributed by atoms with E-state index in [9.17, 15) is 19.3 Å². The van der Waals surface area contributed by atoms with Gasteiger partial charge in [0, 0.05) is 12.2 Å². The van der Waals surface area contributed by atoms with Gasteiger partial charge in [-0.15, -0.1) is 0 Å². The number of nitro groups is 1. The Kier molecular flexibility index (Phi) is 4.16. The quantitative estimate of drug-likeness (QED) is 0.690. The Hall–Kier alpha value is -2.96. The first-order chi connectivity index (χ1) is 11.5.